The van der Waals surface area contributed by atoms with Crippen LogP contribution in [0.5, 0.6) is 0 Å². The van der Waals surface area contributed by atoms with Gasteiger partial charge in [0.1, 0.15) is 0 Å². The molecule has 1 atom stereocenters. The third-order valence-corrected chi connectivity index (χ3v) is 3.71. The lowest BCUT2D eigenvalue weighted by Gasteiger charge is -2.33. The quantitative estimate of drug-likeness (QED) is 0.650. The molecule has 3 heteroatoms. The molecule has 0 radical (unpaired) electrons. The third kappa shape index (κ3) is 3.77. The summed E-state index contributed by atoms with van der Waals surface area (Å²) < 4.78 is 0. The van der Waals surface area contributed by atoms with E-state index in [1.165, 1.54) is 0 Å². The molecule has 2 nitrogen and oxygen atoms in total. The van der Waals surface area contributed by atoms with Crippen LogP contribution < -0.4 is 5.32 Å². The lowest BCUT2D eigenvalue weighted by atomic mass is 10.6. The molecule has 0 aromatic carbocycles. The van der Waals surface area contributed by atoms with Crippen molar-refractivity contribution in [1.29, 1.82) is 0 Å². The standard InChI is InChI=1S/C7H17NOS/c1-6(9)8-7(2)10(3,4)5/h7H,1-5H3,(H,8,9). The highest BCUT2D eigenvalue weighted by Gasteiger charge is 2.14. The van der Waals surface area contributed by atoms with Crippen molar-refractivity contribution in [3.8, 4) is 0 Å². The van der Waals surface area contributed by atoms with E-state index in [9.17, 15) is 4.79 Å². The van der Waals surface area contributed by atoms with Gasteiger partial charge in [0.05, 0.1) is 5.37 Å². The summed E-state index contributed by atoms with van der Waals surface area (Å²) in [6.07, 6.45) is 6.56. The summed E-state index contributed by atoms with van der Waals surface area (Å²) in [6, 6.07) is 0. The highest BCUT2D eigenvalue weighted by Crippen LogP contribution is 2.38. The molecule has 0 aliphatic rings. The second kappa shape index (κ2) is 3.28. The molecule has 0 aliphatic heterocycles. The van der Waals surface area contributed by atoms with E-state index in [0.29, 0.717) is 5.37 Å². The van der Waals surface area contributed by atoms with Crippen LogP contribution in [0, 0.1) is 0 Å². The van der Waals surface area contributed by atoms with Gasteiger partial charge in [0.25, 0.3) is 0 Å². The summed E-state index contributed by atoms with van der Waals surface area (Å²) in [5, 5.41) is 3.20. The monoisotopic (exact) mass is 163 g/mol. The molecule has 0 aromatic rings. The second-order valence-electron chi connectivity index (χ2n) is 3.27. The molecule has 0 saturated carbocycles. The predicted molar refractivity (Wildman–Crippen MR) is 48.6 cm³/mol. The molecule has 0 fully saturated rings. The normalized spacial score (nSPS) is 16.1. The summed E-state index contributed by atoms with van der Waals surface area (Å²) in [5.74, 6) is 0.0647. The van der Waals surface area contributed by atoms with Crippen molar-refractivity contribution in [3.63, 3.8) is 0 Å². The van der Waals surface area contributed by atoms with Crippen LogP contribution in [-0.4, -0.2) is 30.0 Å². The van der Waals surface area contributed by atoms with Gasteiger partial charge in [-0.2, -0.15) is 0 Å². The fourth-order valence-electron chi connectivity index (χ4n) is 0.463. The number of carbonyl (C=O) groups is 1. The maximum Gasteiger partial charge on any atom is 0.217 e. The molecule has 62 valence electrons. The van der Waals surface area contributed by atoms with Crippen LogP contribution in [0.25, 0.3) is 0 Å². The van der Waals surface area contributed by atoms with Crippen LogP contribution in [0.2, 0.25) is 0 Å². The average molecular weight is 163 g/mol. The Bertz CT molecular complexity index is 128. The van der Waals surface area contributed by atoms with E-state index in [-0.39, 0.29) is 5.91 Å². The molecule has 1 unspecified atom stereocenters. The number of nitrogens with one attached hydrogen (secondary N) is 1. The van der Waals surface area contributed by atoms with Crippen molar-refractivity contribution >= 4 is 15.9 Å². The SMILES string of the molecule is CC(=O)NC(C)S(C)(C)C. The maximum absolute atomic E-state index is 10.6. The van der Waals surface area contributed by atoms with Crippen molar-refractivity contribution < 1.29 is 4.79 Å². The zero-order valence-corrected chi connectivity index (χ0v) is 8.21. The largest absolute Gasteiger partial charge is 0.346 e. The molecule has 0 saturated heterocycles. The molecule has 1 amide bonds. The lowest BCUT2D eigenvalue weighted by molar-refractivity contribution is -0.119. The van der Waals surface area contributed by atoms with Gasteiger partial charge >= 0.3 is 0 Å². The van der Waals surface area contributed by atoms with Gasteiger partial charge in [-0.05, 0) is 25.7 Å². The first-order valence-corrected chi connectivity index (χ1v) is 6.20. The number of rotatable bonds is 2. The summed E-state index contributed by atoms with van der Waals surface area (Å²) in [7, 11) is -0.630. The topological polar surface area (TPSA) is 29.1 Å². The Hall–Kier alpha value is -0.180. The molecule has 0 spiro atoms. The van der Waals surface area contributed by atoms with Gasteiger partial charge in [-0.25, -0.2) is 10.0 Å². The second-order valence-corrected chi connectivity index (χ2v) is 7.85. The molecule has 0 aliphatic carbocycles. The molecule has 1 N–H and O–H groups in total. The van der Waals surface area contributed by atoms with Gasteiger partial charge in [-0.3, -0.25) is 4.79 Å². The first-order valence-electron chi connectivity index (χ1n) is 3.28. The van der Waals surface area contributed by atoms with E-state index in [1.54, 1.807) is 6.92 Å². The molecular weight excluding hydrogens is 146 g/mol. The van der Waals surface area contributed by atoms with E-state index in [2.05, 4.69) is 31.0 Å². The number of hydrogen-bond donors (Lipinski definition) is 1. The Morgan fingerprint density at radius 1 is 1.40 bits per heavy atom. The highest BCUT2D eigenvalue weighted by atomic mass is 32.3. The average Bonchev–Trinajstić information content (AvgIpc) is 1.60. The molecule has 10 heavy (non-hydrogen) atoms. The van der Waals surface area contributed by atoms with Gasteiger partial charge in [-0.15, -0.1) is 0 Å². The number of carbonyl (C=O) groups excluding carboxylic acids is 1. The highest BCUT2D eigenvalue weighted by molar-refractivity contribution is 8.32. The summed E-state index contributed by atoms with van der Waals surface area (Å²) >= 11 is 0. The fourth-order valence-corrected chi connectivity index (χ4v) is 0.983. The van der Waals surface area contributed by atoms with Crippen molar-refractivity contribution in [3.05, 3.63) is 0 Å². The van der Waals surface area contributed by atoms with Crippen molar-refractivity contribution in [1.82, 2.24) is 5.32 Å². The van der Waals surface area contributed by atoms with Crippen molar-refractivity contribution in [2.75, 3.05) is 18.8 Å². The van der Waals surface area contributed by atoms with Crippen LogP contribution in [0.4, 0.5) is 0 Å². The Balaban J connectivity index is 3.85. The van der Waals surface area contributed by atoms with Crippen LogP contribution in [-0.2, 0) is 4.79 Å². The van der Waals surface area contributed by atoms with Crippen molar-refractivity contribution in [2.24, 2.45) is 0 Å². The van der Waals surface area contributed by atoms with Gasteiger partial charge in [0.15, 0.2) is 0 Å². The Morgan fingerprint density at radius 3 is 1.90 bits per heavy atom. The van der Waals surface area contributed by atoms with Crippen LogP contribution in [0.1, 0.15) is 13.8 Å². The van der Waals surface area contributed by atoms with E-state index >= 15 is 0 Å². The van der Waals surface area contributed by atoms with E-state index in [1.807, 2.05) is 0 Å². The Kier molecular flexibility index (Phi) is 3.22. The number of hydrogen-bond acceptors (Lipinski definition) is 1. The molecule has 0 heterocycles. The smallest absolute Gasteiger partial charge is 0.217 e. The minimum absolute atomic E-state index is 0.0647. The maximum atomic E-state index is 10.6. The predicted octanol–water partition coefficient (Wildman–Crippen LogP) is 1.16. The molecular formula is C7H17NOS. The summed E-state index contributed by atoms with van der Waals surface area (Å²) in [4.78, 5) is 10.6. The Labute approximate surface area is 64.7 Å². The molecule has 0 bridgehead atoms. The van der Waals surface area contributed by atoms with Gasteiger partial charge in [0.2, 0.25) is 5.91 Å². The molecule has 0 aromatic heterocycles. The van der Waals surface area contributed by atoms with Crippen LogP contribution in [0.15, 0.2) is 0 Å². The third-order valence-electron chi connectivity index (χ3n) is 1.47. The molecule has 0 rings (SSSR count). The van der Waals surface area contributed by atoms with Gasteiger partial charge < -0.3 is 5.32 Å². The van der Waals surface area contributed by atoms with Crippen LogP contribution >= 0.6 is 10.0 Å². The summed E-state index contributed by atoms with van der Waals surface area (Å²) in [5.41, 5.74) is 0. The van der Waals surface area contributed by atoms with E-state index in [0.717, 1.165) is 0 Å². The van der Waals surface area contributed by atoms with Gasteiger partial charge in [-0.1, -0.05) is 0 Å². The first kappa shape index (κ1) is 9.82. The minimum atomic E-state index is -0.630. The minimum Gasteiger partial charge on any atom is -0.346 e. The van der Waals surface area contributed by atoms with Crippen molar-refractivity contribution in [2.45, 2.75) is 19.2 Å². The zero-order valence-electron chi connectivity index (χ0n) is 7.39. The van der Waals surface area contributed by atoms with E-state index < -0.39 is 10.0 Å². The van der Waals surface area contributed by atoms with Gasteiger partial charge in [0, 0.05) is 6.92 Å². The Morgan fingerprint density at radius 2 is 1.80 bits per heavy atom. The van der Waals surface area contributed by atoms with E-state index in [4.69, 9.17) is 0 Å². The summed E-state index contributed by atoms with van der Waals surface area (Å²) in [6.45, 7) is 3.61. The fraction of sp³-hybridized carbons (Fsp3) is 0.857. The zero-order chi connectivity index (χ0) is 8.36. The first-order chi connectivity index (χ1) is 4.34. The van der Waals surface area contributed by atoms with Crippen LogP contribution in [0.3, 0.4) is 0 Å². The number of amides is 1. The lowest BCUT2D eigenvalue weighted by Crippen LogP contribution is -2.33.